The van der Waals surface area contributed by atoms with Gasteiger partial charge >= 0.3 is 6.09 Å². The third-order valence-electron chi connectivity index (χ3n) is 6.96. The van der Waals surface area contributed by atoms with Crippen LogP contribution < -0.4 is 0 Å². The molecule has 8 heteroatoms. The van der Waals surface area contributed by atoms with Crippen LogP contribution in [0.4, 0.5) is 4.79 Å². The molecule has 8 nitrogen and oxygen atoms in total. The van der Waals surface area contributed by atoms with Crippen molar-refractivity contribution in [2.24, 2.45) is 17.0 Å². The fourth-order valence-electron chi connectivity index (χ4n) is 5.00. The third-order valence-corrected chi connectivity index (χ3v) is 6.96. The van der Waals surface area contributed by atoms with Gasteiger partial charge < -0.3 is 23.9 Å². The van der Waals surface area contributed by atoms with Gasteiger partial charge in [-0.15, -0.1) is 0 Å². The van der Waals surface area contributed by atoms with E-state index in [1.807, 2.05) is 37.8 Å². The van der Waals surface area contributed by atoms with Gasteiger partial charge in [-0.25, -0.2) is 4.79 Å². The zero-order valence-corrected chi connectivity index (χ0v) is 20.7. The highest BCUT2D eigenvalue weighted by Crippen LogP contribution is 2.35. The molecule has 34 heavy (non-hydrogen) atoms. The summed E-state index contributed by atoms with van der Waals surface area (Å²) in [4.78, 5) is 31.6. The Hall–Kier alpha value is -2.19. The van der Waals surface area contributed by atoms with Gasteiger partial charge in [0.25, 0.3) is 0 Å². The minimum Gasteiger partial charge on any atom is -0.444 e. The number of aldehydes is 1. The second kappa shape index (κ2) is 11.0. The van der Waals surface area contributed by atoms with E-state index in [0.29, 0.717) is 18.1 Å². The molecule has 2 saturated heterocycles. The van der Waals surface area contributed by atoms with Crippen LogP contribution in [0, 0.1) is 11.8 Å². The Labute approximate surface area is 202 Å². The van der Waals surface area contributed by atoms with Crippen molar-refractivity contribution in [3.8, 4) is 0 Å². The van der Waals surface area contributed by atoms with E-state index < -0.39 is 5.60 Å². The summed E-state index contributed by atoms with van der Waals surface area (Å²) in [6.45, 7) is 8.17. The van der Waals surface area contributed by atoms with E-state index in [0.717, 1.165) is 82.2 Å². The number of carbonyl (C=O) groups is 2. The first-order valence-electron chi connectivity index (χ1n) is 12.6. The smallest absolute Gasteiger partial charge is 0.410 e. The summed E-state index contributed by atoms with van der Waals surface area (Å²) in [6, 6.07) is 0. The van der Waals surface area contributed by atoms with Crippen molar-refractivity contribution < 1.29 is 28.6 Å². The second-order valence-corrected chi connectivity index (χ2v) is 10.6. The van der Waals surface area contributed by atoms with E-state index >= 15 is 0 Å². The van der Waals surface area contributed by atoms with Crippen molar-refractivity contribution in [2.75, 3.05) is 26.3 Å². The molecule has 0 N–H and O–H groups in total. The molecule has 0 aromatic heterocycles. The zero-order chi connectivity index (χ0) is 24.1. The third kappa shape index (κ3) is 6.27. The first-order chi connectivity index (χ1) is 16.3. The van der Waals surface area contributed by atoms with Gasteiger partial charge in [0.15, 0.2) is 12.4 Å². The number of amides is 1. The fraction of sp³-hybridized carbons (Fsp3) is 0.731. The summed E-state index contributed by atoms with van der Waals surface area (Å²) in [5, 5.41) is 4.41. The molecule has 3 heterocycles. The largest absolute Gasteiger partial charge is 0.444 e. The maximum Gasteiger partial charge on any atom is 0.410 e. The van der Waals surface area contributed by atoms with Crippen LogP contribution in [0.25, 0.3) is 0 Å². The van der Waals surface area contributed by atoms with Crippen LogP contribution in [0.5, 0.6) is 0 Å². The standard InChI is InChI=1S/C26H38N2O6/c1-26(2,3)33-25(30)28-13-11-18(12-14-28)7-10-22-20-9-8-19(16-29)21(24(20)34-27-22)17-32-23-6-4-5-15-31-23/h8-9,16,18,20,23-24H,4-7,10-15,17H2,1-3H3. The van der Waals surface area contributed by atoms with Crippen LogP contribution in [-0.4, -0.2) is 67.3 Å². The van der Waals surface area contributed by atoms with Gasteiger partial charge in [-0.05, 0) is 71.6 Å². The van der Waals surface area contributed by atoms with Crippen molar-refractivity contribution in [3.63, 3.8) is 0 Å². The maximum atomic E-state index is 12.3. The molecule has 0 aromatic rings. The van der Waals surface area contributed by atoms with Gasteiger partial charge in [-0.3, -0.25) is 4.79 Å². The average molecular weight is 475 g/mol. The molecule has 1 amide bonds. The van der Waals surface area contributed by atoms with E-state index in [1.165, 1.54) is 0 Å². The highest BCUT2D eigenvalue weighted by Gasteiger charge is 2.39. The fourth-order valence-corrected chi connectivity index (χ4v) is 5.00. The number of nitrogens with zero attached hydrogens (tertiary/aromatic N) is 2. The summed E-state index contributed by atoms with van der Waals surface area (Å²) in [5.41, 5.74) is 2.01. The molecule has 4 rings (SSSR count). The molecule has 0 spiro atoms. The van der Waals surface area contributed by atoms with Gasteiger partial charge in [0.05, 0.1) is 18.2 Å². The quantitative estimate of drug-likeness (QED) is 0.509. The molecule has 0 aromatic carbocycles. The van der Waals surface area contributed by atoms with Gasteiger partial charge in [0.2, 0.25) is 0 Å². The lowest BCUT2D eigenvalue weighted by atomic mass is 9.82. The molecule has 3 atom stereocenters. The zero-order valence-electron chi connectivity index (χ0n) is 20.7. The lowest BCUT2D eigenvalue weighted by molar-refractivity contribution is -0.159. The Morgan fingerprint density at radius 3 is 2.71 bits per heavy atom. The second-order valence-electron chi connectivity index (χ2n) is 10.6. The Morgan fingerprint density at radius 2 is 2.03 bits per heavy atom. The molecule has 2 fully saturated rings. The Bertz CT molecular complexity index is 829. The van der Waals surface area contributed by atoms with E-state index in [-0.39, 0.29) is 24.4 Å². The van der Waals surface area contributed by atoms with E-state index in [1.54, 1.807) is 0 Å². The van der Waals surface area contributed by atoms with Crippen LogP contribution in [0.1, 0.15) is 65.7 Å². The number of fused-ring (bicyclic) bond motifs is 1. The molecule has 188 valence electrons. The highest BCUT2D eigenvalue weighted by atomic mass is 16.7. The number of allylic oxidation sites excluding steroid dienone is 2. The molecule has 0 saturated carbocycles. The maximum absolute atomic E-state index is 12.3. The monoisotopic (exact) mass is 474 g/mol. The summed E-state index contributed by atoms with van der Waals surface area (Å²) in [5.74, 6) is 0.580. The number of oxime groups is 1. The van der Waals surface area contributed by atoms with E-state index in [2.05, 4.69) is 5.16 Å². The van der Waals surface area contributed by atoms with E-state index in [4.69, 9.17) is 19.0 Å². The summed E-state index contributed by atoms with van der Waals surface area (Å²) in [7, 11) is 0. The molecule has 1 aliphatic carbocycles. The van der Waals surface area contributed by atoms with Crippen molar-refractivity contribution in [1.82, 2.24) is 4.90 Å². The number of ether oxygens (including phenoxy) is 3. The first kappa shape index (κ1) is 24.9. The minimum absolute atomic E-state index is 0.0384. The van der Waals surface area contributed by atoms with Crippen LogP contribution in [-0.2, 0) is 23.8 Å². The van der Waals surface area contributed by atoms with Crippen LogP contribution in [0.3, 0.4) is 0 Å². The molecule has 0 bridgehead atoms. The average Bonchev–Trinajstić information content (AvgIpc) is 3.24. The van der Waals surface area contributed by atoms with Crippen molar-refractivity contribution in [1.29, 1.82) is 0 Å². The Morgan fingerprint density at radius 1 is 1.24 bits per heavy atom. The number of likely N-dealkylation sites (tertiary alicyclic amines) is 1. The van der Waals surface area contributed by atoms with Crippen molar-refractivity contribution >= 4 is 18.1 Å². The molecule has 4 aliphatic rings. The first-order valence-corrected chi connectivity index (χ1v) is 12.6. The number of carbonyl (C=O) groups excluding carboxylic acids is 2. The number of hydrogen-bond donors (Lipinski definition) is 0. The van der Waals surface area contributed by atoms with Gasteiger partial charge in [0, 0.05) is 30.8 Å². The Kier molecular flexibility index (Phi) is 8.09. The summed E-state index contributed by atoms with van der Waals surface area (Å²) >= 11 is 0. The van der Waals surface area contributed by atoms with Gasteiger partial charge in [0.1, 0.15) is 11.9 Å². The summed E-state index contributed by atoms with van der Waals surface area (Å²) in [6.07, 6.45) is 10.9. The van der Waals surface area contributed by atoms with Gasteiger partial charge in [-0.2, -0.15) is 0 Å². The van der Waals surface area contributed by atoms with Crippen molar-refractivity contribution in [3.05, 3.63) is 23.3 Å². The Balaban J connectivity index is 1.25. The number of piperidine rings is 1. The lowest BCUT2D eigenvalue weighted by Crippen LogP contribution is -2.41. The number of hydrogen-bond acceptors (Lipinski definition) is 7. The number of rotatable bonds is 7. The topological polar surface area (TPSA) is 86.7 Å². The lowest BCUT2D eigenvalue weighted by Gasteiger charge is -2.33. The molecular formula is C26H38N2O6. The highest BCUT2D eigenvalue weighted by molar-refractivity contribution is 5.92. The van der Waals surface area contributed by atoms with Crippen LogP contribution in [0.2, 0.25) is 0 Å². The predicted octanol–water partition coefficient (Wildman–Crippen LogP) is 4.39. The molecule has 3 unspecified atom stereocenters. The van der Waals surface area contributed by atoms with Crippen LogP contribution in [0.15, 0.2) is 28.5 Å². The minimum atomic E-state index is -0.468. The van der Waals surface area contributed by atoms with Crippen molar-refractivity contribution in [2.45, 2.75) is 83.7 Å². The molecule has 0 radical (unpaired) electrons. The van der Waals surface area contributed by atoms with E-state index in [9.17, 15) is 9.59 Å². The van der Waals surface area contributed by atoms with Gasteiger partial charge in [-0.1, -0.05) is 17.3 Å². The SMILES string of the molecule is CC(C)(C)OC(=O)N1CCC(CCC2=NOC3C(COC4CCCCO4)=C(C=O)C=CC23)CC1. The molecular weight excluding hydrogens is 436 g/mol. The molecule has 3 aliphatic heterocycles. The van der Waals surface area contributed by atoms with Crippen LogP contribution >= 0.6 is 0 Å². The summed E-state index contributed by atoms with van der Waals surface area (Å²) < 4.78 is 17.1. The predicted molar refractivity (Wildman–Crippen MR) is 127 cm³/mol. The normalized spacial score (nSPS) is 27.8.